The molecule has 1 aromatic carbocycles. The molecule has 0 saturated carbocycles. The van der Waals surface area contributed by atoms with Crippen LogP contribution in [0.1, 0.15) is 39.7 Å². The smallest absolute Gasteiger partial charge is 0.311 e. The molecule has 0 spiro atoms. The van der Waals surface area contributed by atoms with Crippen LogP contribution < -0.4 is 0 Å². The van der Waals surface area contributed by atoms with Crippen LogP contribution in [0.5, 0.6) is 0 Å². The van der Waals surface area contributed by atoms with Crippen LogP contribution in [0.25, 0.3) is 0 Å². The van der Waals surface area contributed by atoms with Gasteiger partial charge >= 0.3 is 5.97 Å². The van der Waals surface area contributed by atoms with Crippen LogP contribution in [-0.4, -0.2) is 40.7 Å². The number of carbonyl (C=O) groups excluding carboxylic acids is 1. The van der Waals surface area contributed by atoms with E-state index in [2.05, 4.69) is 32.9 Å². The summed E-state index contributed by atoms with van der Waals surface area (Å²) >= 11 is 1.50. The number of likely N-dealkylation sites (tertiary alicyclic amines) is 1. The second-order valence-corrected chi connectivity index (χ2v) is 8.54. The number of carboxylic acid groups (broad SMARTS) is 1. The summed E-state index contributed by atoms with van der Waals surface area (Å²) in [7, 11) is 0. The summed E-state index contributed by atoms with van der Waals surface area (Å²) in [4.78, 5) is 26.2. The Morgan fingerprint density at radius 1 is 1.26 bits per heavy atom. The van der Waals surface area contributed by atoms with Gasteiger partial charge in [-0.3, -0.25) is 9.59 Å². The second-order valence-electron chi connectivity index (χ2n) is 7.49. The first-order chi connectivity index (χ1) is 10.6. The molecule has 1 aromatic rings. The van der Waals surface area contributed by atoms with Gasteiger partial charge in [-0.2, -0.15) is 0 Å². The maximum absolute atomic E-state index is 12.3. The molecule has 1 fully saturated rings. The van der Waals surface area contributed by atoms with E-state index >= 15 is 0 Å². The standard InChI is InChI=1S/C18H25NO3S/c1-17(2,3)13-5-7-14(8-6-13)23-11-15(20)19-10-9-18(4,12-19)16(21)22/h5-8H,9-12H2,1-4H3,(H,21,22). The molecule has 1 aliphatic rings. The number of carbonyl (C=O) groups is 2. The third-order valence-corrected chi connectivity index (χ3v) is 5.42. The molecule has 1 atom stereocenters. The van der Waals surface area contributed by atoms with Crippen molar-refractivity contribution in [3.63, 3.8) is 0 Å². The van der Waals surface area contributed by atoms with Crippen LogP contribution in [0.4, 0.5) is 0 Å². The van der Waals surface area contributed by atoms with Gasteiger partial charge in [0.25, 0.3) is 0 Å². The maximum Gasteiger partial charge on any atom is 0.311 e. The molecule has 1 amide bonds. The Labute approximate surface area is 142 Å². The Bertz CT molecular complexity index is 591. The number of thioether (sulfide) groups is 1. The summed E-state index contributed by atoms with van der Waals surface area (Å²) in [5.41, 5.74) is 0.592. The number of benzene rings is 1. The molecule has 5 heteroatoms. The van der Waals surface area contributed by atoms with Gasteiger partial charge in [0.1, 0.15) is 0 Å². The van der Waals surface area contributed by atoms with Gasteiger partial charge in [0.2, 0.25) is 5.91 Å². The predicted molar refractivity (Wildman–Crippen MR) is 92.8 cm³/mol. The van der Waals surface area contributed by atoms with Crippen molar-refractivity contribution in [2.24, 2.45) is 5.41 Å². The van der Waals surface area contributed by atoms with Gasteiger partial charge in [-0.1, -0.05) is 32.9 Å². The van der Waals surface area contributed by atoms with Crippen LogP contribution in [-0.2, 0) is 15.0 Å². The summed E-state index contributed by atoms with van der Waals surface area (Å²) in [5.74, 6) is -0.456. The maximum atomic E-state index is 12.3. The fourth-order valence-corrected chi connectivity index (χ4v) is 3.44. The minimum absolute atomic E-state index is 0.0138. The van der Waals surface area contributed by atoms with Crippen molar-refractivity contribution in [3.05, 3.63) is 29.8 Å². The first kappa shape index (κ1) is 17.9. The zero-order valence-corrected chi connectivity index (χ0v) is 15.1. The van der Waals surface area contributed by atoms with E-state index in [-0.39, 0.29) is 11.3 Å². The molecule has 1 heterocycles. The third kappa shape index (κ3) is 4.28. The van der Waals surface area contributed by atoms with Crippen molar-refractivity contribution in [2.45, 2.75) is 44.4 Å². The molecule has 4 nitrogen and oxygen atoms in total. The summed E-state index contributed by atoms with van der Waals surface area (Å²) < 4.78 is 0. The summed E-state index contributed by atoms with van der Waals surface area (Å²) in [5, 5.41) is 9.23. The Morgan fingerprint density at radius 3 is 2.35 bits per heavy atom. The zero-order valence-electron chi connectivity index (χ0n) is 14.3. The highest BCUT2D eigenvalue weighted by Gasteiger charge is 2.41. The quantitative estimate of drug-likeness (QED) is 0.857. The van der Waals surface area contributed by atoms with Crippen LogP contribution in [0.2, 0.25) is 0 Å². The number of nitrogens with zero attached hydrogens (tertiary/aromatic N) is 1. The Hall–Kier alpha value is -1.49. The van der Waals surface area contributed by atoms with Crippen molar-refractivity contribution in [1.82, 2.24) is 4.90 Å². The number of aliphatic carboxylic acids is 1. The van der Waals surface area contributed by atoms with Crippen LogP contribution in [0.3, 0.4) is 0 Å². The third-order valence-electron chi connectivity index (χ3n) is 4.43. The molecular formula is C18H25NO3S. The van der Waals surface area contributed by atoms with Crippen molar-refractivity contribution < 1.29 is 14.7 Å². The molecule has 2 rings (SSSR count). The summed E-state index contributed by atoms with van der Waals surface area (Å²) in [6.45, 7) is 9.07. The van der Waals surface area contributed by atoms with Gasteiger partial charge in [0.05, 0.1) is 11.2 Å². The average molecular weight is 335 g/mol. The van der Waals surface area contributed by atoms with Crippen molar-refractivity contribution in [1.29, 1.82) is 0 Å². The fraction of sp³-hybridized carbons (Fsp3) is 0.556. The van der Waals surface area contributed by atoms with Crippen molar-refractivity contribution in [3.8, 4) is 0 Å². The highest BCUT2D eigenvalue weighted by atomic mass is 32.2. The van der Waals surface area contributed by atoms with Gasteiger partial charge in [-0.25, -0.2) is 0 Å². The van der Waals surface area contributed by atoms with Crippen LogP contribution in [0, 0.1) is 5.41 Å². The topological polar surface area (TPSA) is 57.6 Å². The molecule has 23 heavy (non-hydrogen) atoms. The molecule has 0 radical (unpaired) electrons. The molecule has 1 unspecified atom stereocenters. The average Bonchev–Trinajstić information content (AvgIpc) is 2.88. The van der Waals surface area contributed by atoms with E-state index < -0.39 is 11.4 Å². The number of amides is 1. The van der Waals surface area contributed by atoms with Gasteiger partial charge in [-0.05, 0) is 36.5 Å². The van der Waals surface area contributed by atoms with E-state index in [1.54, 1.807) is 11.8 Å². The molecule has 0 aromatic heterocycles. The second kappa shape index (κ2) is 6.56. The molecule has 1 saturated heterocycles. The Morgan fingerprint density at radius 2 is 1.87 bits per heavy atom. The van der Waals surface area contributed by atoms with Crippen LogP contribution >= 0.6 is 11.8 Å². The Balaban J connectivity index is 1.89. The molecule has 0 bridgehead atoms. The highest BCUT2D eigenvalue weighted by molar-refractivity contribution is 8.00. The lowest BCUT2D eigenvalue weighted by atomic mass is 9.87. The largest absolute Gasteiger partial charge is 0.481 e. The fourth-order valence-electron chi connectivity index (χ4n) is 2.64. The monoisotopic (exact) mass is 335 g/mol. The lowest BCUT2D eigenvalue weighted by molar-refractivity contribution is -0.147. The molecule has 1 N–H and O–H groups in total. The van der Waals surface area contributed by atoms with E-state index in [0.29, 0.717) is 25.3 Å². The lowest BCUT2D eigenvalue weighted by Gasteiger charge is -2.20. The minimum atomic E-state index is -0.821. The van der Waals surface area contributed by atoms with E-state index in [1.807, 2.05) is 12.1 Å². The van der Waals surface area contributed by atoms with Crippen LogP contribution in [0.15, 0.2) is 29.2 Å². The van der Waals surface area contributed by atoms with Gasteiger partial charge in [-0.15, -0.1) is 11.8 Å². The van der Waals surface area contributed by atoms with E-state index in [0.717, 1.165) is 4.90 Å². The first-order valence-corrected chi connectivity index (χ1v) is 8.85. The van der Waals surface area contributed by atoms with Gasteiger partial charge in [0.15, 0.2) is 0 Å². The minimum Gasteiger partial charge on any atom is -0.481 e. The highest BCUT2D eigenvalue weighted by Crippen LogP contribution is 2.31. The molecular weight excluding hydrogens is 310 g/mol. The van der Waals surface area contributed by atoms with Gasteiger partial charge in [0, 0.05) is 18.0 Å². The van der Waals surface area contributed by atoms with E-state index in [1.165, 1.54) is 17.3 Å². The zero-order chi connectivity index (χ0) is 17.3. The number of carboxylic acids is 1. The summed E-state index contributed by atoms with van der Waals surface area (Å²) in [6.07, 6.45) is 0.527. The number of rotatable bonds is 4. The number of hydrogen-bond acceptors (Lipinski definition) is 3. The van der Waals surface area contributed by atoms with Gasteiger partial charge < -0.3 is 10.0 Å². The number of hydrogen-bond donors (Lipinski definition) is 1. The first-order valence-electron chi connectivity index (χ1n) is 7.86. The normalized spacial score (nSPS) is 21.5. The SMILES string of the molecule is CC1(C(=O)O)CCN(C(=O)CSc2ccc(C(C)(C)C)cc2)C1. The molecule has 1 aliphatic heterocycles. The Kier molecular flexibility index (Phi) is 5.09. The molecule has 126 valence electrons. The lowest BCUT2D eigenvalue weighted by Crippen LogP contribution is -2.35. The van der Waals surface area contributed by atoms with Crippen molar-refractivity contribution in [2.75, 3.05) is 18.8 Å². The van der Waals surface area contributed by atoms with Crippen molar-refractivity contribution >= 4 is 23.6 Å². The van der Waals surface area contributed by atoms with E-state index in [4.69, 9.17) is 0 Å². The van der Waals surface area contributed by atoms with E-state index in [9.17, 15) is 14.7 Å². The predicted octanol–water partition coefficient (Wildman–Crippen LogP) is 3.40. The molecule has 0 aliphatic carbocycles. The summed E-state index contributed by atoms with van der Waals surface area (Å²) in [6, 6.07) is 8.29.